The first-order valence-corrected chi connectivity index (χ1v) is 12.3. The second-order valence-electron chi connectivity index (χ2n) is 6.89. The maximum Gasteiger partial charge on any atom is 0.330 e. The molecule has 0 aliphatic heterocycles. The highest BCUT2D eigenvalue weighted by atomic mass is 31.2. The molecule has 1 unspecified atom stereocenters. The van der Waals surface area contributed by atoms with Crippen LogP contribution < -0.4 is 0 Å². The van der Waals surface area contributed by atoms with Crippen LogP contribution in [0.2, 0.25) is 0 Å². The predicted molar refractivity (Wildman–Crippen MR) is 106 cm³/mol. The topological polar surface area (TPSA) is 35.5 Å². The van der Waals surface area contributed by atoms with Gasteiger partial charge in [0.15, 0.2) is 0 Å². The molecule has 0 N–H and O–H groups in total. The van der Waals surface area contributed by atoms with Crippen molar-refractivity contribution in [2.75, 3.05) is 19.4 Å². The third kappa shape index (κ3) is 15.7. The fourth-order valence-corrected chi connectivity index (χ4v) is 4.51. The number of hydrogen-bond donors (Lipinski definition) is 0. The summed E-state index contributed by atoms with van der Waals surface area (Å²) in [7, 11) is -2.84. The summed E-state index contributed by atoms with van der Waals surface area (Å²) in [4.78, 5) is 0. The Bertz CT molecular complexity index is 295. The summed E-state index contributed by atoms with van der Waals surface area (Å²) >= 11 is 0. The Morgan fingerprint density at radius 3 is 1.46 bits per heavy atom. The second-order valence-corrected chi connectivity index (χ2v) is 9.08. The zero-order valence-electron chi connectivity index (χ0n) is 16.7. The summed E-state index contributed by atoms with van der Waals surface area (Å²) in [5, 5.41) is 0. The van der Waals surface area contributed by atoms with Gasteiger partial charge in [-0.2, -0.15) is 0 Å². The molecule has 0 bridgehead atoms. The summed E-state index contributed by atoms with van der Waals surface area (Å²) in [6.45, 7) is 7.64. The Balaban J connectivity index is 3.62. The molecule has 0 radical (unpaired) electrons. The largest absolute Gasteiger partial charge is 0.330 e. The molecule has 0 fully saturated rings. The van der Waals surface area contributed by atoms with E-state index in [-0.39, 0.29) is 0 Å². The lowest BCUT2D eigenvalue weighted by molar-refractivity contribution is 0.198. The molecule has 0 saturated carbocycles. The van der Waals surface area contributed by atoms with Gasteiger partial charge in [0.05, 0.1) is 19.4 Å². The SMILES string of the molecule is CCCCCCCCCCCCOP(=O)(CCCC)OCCCC. The van der Waals surface area contributed by atoms with Gasteiger partial charge in [0.2, 0.25) is 0 Å². The van der Waals surface area contributed by atoms with E-state index in [9.17, 15) is 4.57 Å². The average Bonchev–Trinajstić information content (AvgIpc) is 2.58. The lowest BCUT2D eigenvalue weighted by Crippen LogP contribution is -2.03. The van der Waals surface area contributed by atoms with Gasteiger partial charge in [-0.1, -0.05) is 91.4 Å². The first kappa shape index (κ1) is 24.1. The molecule has 0 spiro atoms. The molecule has 3 nitrogen and oxygen atoms in total. The van der Waals surface area contributed by atoms with Crippen molar-refractivity contribution in [3.05, 3.63) is 0 Å². The van der Waals surface area contributed by atoms with Crippen molar-refractivity contribution in [1.29, 1.82) is 0 Å². The van der Waals surface area contributed by atoms with Gasteiger partial charge >= 0.3 is 7.60 Å². The van der Waals surface area contributed by atoms with E-state index in [1.54, 1.807) is 0 Å². The normalized spacial score (nSPS) is 14.0. The fraction of sp³-hybridized carbons (Fsp3) is 1.00. The molecule has 0 rings (SSSR count). The second kappa shape index (κ2) is 18.0. The molecule has 0 amide bonds. The van der Waals surface area contributed by atoms with Gasteiger partial charge < -0.3 is 9.05 Å². The van der Waals surface area contributed by atoms with Crippen molar-refractivity contribution in [1.82, 2.24) is 0 Å². The molecular formula is C20H43O3P. The van der Waals surface area contributed by atoms with Crippen LogP contribution in [-0.2, 0) is 13.6 Å². The number of hydrogen-bond acceptors (Lipinski definition) is 3. The lowest BCUT2D eigenvalue weighted by atomic mass is 10.1. The van der Waals surface area contributed by atoms with Crippen LogP contribution in [0.15, 0.2) is 0 Å². The predicted octanol–water partition coefficient (Wildman–Crippen LogP) is 7.73. The third-order valence-corrected chi connectivity index (χ3v) is 6.37. The molecule has 0 heterocycles. The Kier molecular flexibility index (Phi) is 18.1. The zero-order valence-corrected chi connectivity index (χ0v) is 17.6. The van der Waals surface area contributed by atoms with Gasteiger partial charge in [-0.3, -0.25) is 4.57 Å². The van der Waals surface area contributed by atoms with E-state index in [1.807, 2.05) is 0 Å². The van der Waals surface area contributed by atoms with Crippen molar-refractivity contribution >= 4 is 7.60 Å². The molecule has 146 valence electrons. The molecule has 0 saturated heterocycles. The Labute approximate surface area is 151 Å². The van der Waals surface area contributed by atoms with E-state index in [0.717, 1.165) is 32.1 Å². The zero-order chi connectivity index (χ0) is 17.9. The first-order chi connectivity index (χ1) is 11.7. The molecule has 24 heavy (non-hydrogen) atoms. The van der Waals surface area contributed by atoms with Crippen molar-refractivity contribution < 1.29 is 13.6 Å². The summed E-state index contributed by atoms with van der Waals surface area (Å²) in [5.41, 5.74) is 0. The molecule has 0 aliphatic carbocycles. The van der Waals surface area contributed by atoms with E-state index < -0.39 is 7.60 Å². The van der Waals surface area contributed by atoms with Gasteiger partial charge in [-0.25, -0.2) is 0 Å². The van der Waals surface area contributed by atoms with Crippen LogP contribution in [0.3, 0.4) is 0 Å². The van der Waals surface area contributed by atoms with Gasteiger partial charge in [0, 0.05) is 0 Å². The van der Waals surface area contributed by atoms with Crippen molar-refractivity contribution in [2.24, 2.45) is 0 Å². The average molecular weight is 363 g/mol. The minimum atomic E-state index is -2.84. The van der Waals surface area contributed by atoms with Crippen LogP contribution in [0.5, 0.6) is 0 Å². The van der Waals surface area contributed by atoms with E-state index in [1.165, 1.54) is 57.8 Å². The monoisotopic (exact) mass is 362 g/mol. The first-order valence-electron chi connectivity index (χ1n) is 10.6. The van der Waals surface area contributed by atoms with E-state index in [4.69, 9.17) is 9.05 Å². The Hall–Kier alpha value is 0.150. The van der Waals surface area contributed by atoms with E-state index >= 15 is 0 Å². The molecule has 0 aromatic heterocycles. The van der Waals surface area contributed by atoms with Crippen LogP contribution in [0.4, 0.5) is 0 Å². The fourth-order valence-electron chi connectivity index (χ4n) is 2.66. The third-order valence-electron chi connectivity index (χ3n) is 4.36. The molecular weight excluding hydrogens is 319 g/mol. The minimum Gasteiger partial charge on any atom is -0.309 e. The standard InChI is InChI=1S/C20H43O3P/c1-4-7-10-11-12-13-14-15-16-17-19-23-24(21,20-9-6-3)22-18-8-5-2/h4-20H2,1-3H3. The van der Waals surface area contributed by atoms with Crippen LogP contribution in [0.1, 0.15) is 111 Å². The van der Waals surface area contributed by atoms with Crippen molar-refractivity contribution in [3.8, 4) is 0 Å². The lowest BCUT2D eigenvalue weighted by Gasteiger charge is -2.18. The van der Waals surface area contributed by atoms with E-state index in [0.29, 0.717) is 19.4 Å². The molecule has 0 aliphatic rings. The molecule has 0 aromatic carbocycles. The van der Waals surface area contributed by atoms with Gasteiger partial charge in [-0.15, -0.1) is 0 Å². The van der Waals surface area contributed by atoms with E-state index in [2.05, 4.69) is 20.8 Å². The van der Waals surface area contributed by atoms with Crippen molar-refractivity contribution in [2.45, 2.75) is 111 Å². The van der Waals surface area contributed by atoms with Crippen LogP contribution in [-0.4, -0.2) is 19.4 Å². The van der Waals surface area contributed by atoms with Crippen molar-refractivity contribution in [3.63, 3.8) is 0 Å². The van der Waals surface area contributed by atoms with Gasteiger partial charge in [0.1, 0.15) is 0 Å². The number of unbranched alkanes of at least 4 members (excludes halogenated alkanes) is 11. The highest BCUT2D eigenvalue weighted by Crippen LogP contribution is 2.49. The summed E-state index contributed by atoms with van der Waals surface area (Å²) in [5.74, 6) is 0. The molecule has 1 atom stereocenters. The van der Waals surface area contributed by atoms with Gasteiger partial charge in [0.25, 0.3) is 0 Å². The smallest absolute Gasteiger partial charge is 0.309 e. The Morgan fingerprint density at radius 2 is 0.958 bits per heavy atom. The van der Waals surface area contributed by atoms with Crippen LogP contribution >= 0.6 is 7.60 Å². The van der Waals surface area contributed by atoms with Crippen LogP contribution in [0, 0.1) is 0 Å². The highest BCUT2D eigenvalue weighted by Gasteiger charge is 2.23. The minimum absolute atomic E-state index is 0.565. The highest BCUT2D eigenvalue weighted by molar-refractivity contribution is 7.53. The maximum absolute atomic E-state index is 12.7. The maximum atomic E-state index is 12.7. The number of rotatable bonds is 19. The summed E-state index contributed by atoms with van der Waals surface area (Å²) < 4.78 is 23.9. The molecule has 4 heteroatoms. The molecule has 0 aromatic rings. The van der Waals surface area contributed by atoms with Gasteiger partial charge in [-0.05, 0) is 19.3 Å². The summed E-state index contributed by atoms with van der Waals surface area (Å²) in [6.07, 6.45) is 17.6. The Morgan fingerprint density at radius 1 is 0.542 bits per heavy atom. The quantitative estimate of drug-likeness (QED) is 0.174. The van der Waals surface area contributed by atoms with Crippen LogP contribution in [0.25, 0.3) is 0 Å². The summed E-state index contributed by atoms with van der Waals surface area (Å²) in [6, 6.07) is 0.